The number of carbonyl (C=O) groups excluding carboxylic acids is 5. The van der Waals surface area contributed by atoms with Crippen LogP contribution in [0.1, 0.15) is 58.4 Å². The largest absolute Gasteiger partial charge is 0.496 e. The highest BCUT2D eigenvalue weighted by molar-refractivity contribution is 6.24. The molecule has 4 aliphatic rings. The van der Waals surface area contributed by atoms with Crippen LogP contribution in [0.3, 0.4) is 0 Å². The number of carbonyl (C=O) groups is 5. The quantitative estimate of drug-likeness (QED) is 0.155. The summed E-state index contributed by atoms with van der Waals surface area (Å²) >= 11 is 0. The summed E-state index contributed by atoms with van der Waals surface area (Å²) in [5.74, 6) is -0.752. The monoisotopic (exact) mass is 806 g/mol. The first-order chi connectivity index (χ1) is 28.5. The number of methoxy groups -OCH3 is 2. The average molecular weight is 807 g/mol. The van der Waals surface area contributed by atoms with Crippen molar-refractivity contribution in [2.45, 2.75) is 44.7 Å². The molecule has 5 amide bonds. The van der Waals surface area contributed by atoms with E-state index in [-0.39, 0.29) is 72.8 Å². The molecule has 6 heterocycles. The van der Waals surface area contributed by atoms with Crippen molar-refractivity contribution in [1.29, 1.82) is 0 Å². The molecule has 8 rings (SSSR count). The van der Waals surface area contributed by atoms with Crippen LogP contribution in [0.25, 0.3) is 21.9 Å². The summed E-state index contributed by atoms with van der Waals surface area (Å²) in [7, 11) is 5.02. The van der Waals surface area contributed by atoms with E-state index in [1.54, 1.807) is 50.4 Å². The highest BCUT2D eigenvalue weighted by Gasteiger charge is 2.47. The molecule has 2 atom stereocenters. The Balaban J connectivity index is 0.822. The van der Waals surface area contributed by atoms with Crippen LogP contribution in [0.2, 0.25) is 0 Å². The van der Waals surface area contributed by atoms with E-state index in [0.29, 0.717) is 36.5 Å². The van der Waals surface area contributed by atoms with Gasteiger partial charge in [-0.05, 0) is 67.1 Å². The molecule has 16 nitrogen and oxygen atoms in total. The molecule has 0 aliphatic carbocycles. The number of pyridine rings is 2. The number of hydrogen-bond donors (Lipinski definition) is 1. The van der Waals surface area contributed by atoms with Gasteiger partial charge < -0.3 is 28.4 Å². The van der Waals surface area contributed by atoms with Crippen molar-refractivity contribution in [3.05, 3.63) is 82.0 Å². The van der Waals surface area contributed by atoms with Crippen molar-refractivity contribution in [1.82, 2.24) is 29.6 Å². The number of piperidine rings is 1. The van der Waals surface area contributed by atoms with Gasteiger partial charge in [-0.2, -0.15) is 0 Å². The summed E-state index contributed by atoms with van der Waals surface area (Å²) in [6.07, 6.45) is 7.29. The third-order valence-electron chi connectivity index (χ3n) is 12.0. The van der Waals surface area contributed by atoms with Gasteiger partial charge in [-0.3, -0.25) is 48.9 Å². The summed E-state index contributed by atoms with van der Waals surface area (Å²) in [6.45, 7) is 4.11. The number of rotatable bonds is 13. The first-order valence-electron chi connectivity index (χ1n) is 19.7. The Morgan fingerprint density at radius 3 is 2.44 bits per heavy atom. The van der Waals surface area contributed by atoms with Crippen LogP contribution in [-0.4, -0.2) is 120 Å². The zero-order valence-corrected chi connectivity index (χ0v) is 33.3. The number of hydrogen-bond acceptors (Lipinski definition) is 12. The predicted molar refractivity (Wildman–Crippen MR) is 213 cm³/mol. The van der Waals surface area contributed by atoms with E-state index in [4.69, 9.17) is 18.9 Å². The maximum Gasteiger partial charge on any atom is 0.266 e. The van der Waals surface area contributed by atoms with E-state index in [1.807, 2.05) is 29.3 Å². The second-order valence-corrected chi connectivity index (χ2v) is 15.6. The highest BCUT2D eigenvalue weighted by atomic mass is 16.5. The number of aromatic nitrogens is 2. The summed E-state index contributed by atoms with van der Waals surface area (Å²) < 4.78 is 25.0. The molecule has 1 N–H and O–H groups in total. The minimum atomic E-state index is -1.06. The van der Waals surface area contributed by atoms with Gasteiger partial charge in [0.1, 0.15) is 29.9 Å². The van der Waals surface area contributed by atoms with E-state index in [0.717, 1.165) is 52.9 Å². The molecule has 1 spiro atoms. The van der Waals surface area contributed by atoms with Gasteiger partial charge in [0, 0.05) is 69.2 Å². The summed E-state index contributed by atoms with van der Waals surface area (Å²) in [4.78, 5) is 85.9. The lowest BCUT2D eigenvalue weighted by Gasteiger charge is -2.27. The average Bonchev–Trinajstić information content (AvgIpc) is 3.92. The molecule has 2 aromatic heterocycles. The lowest BCUT2D eigenvalue weighted by atomic mass is 9.86. The molecule has 4 aromatic rings. The fraction of sp³-hybridized carbons (Fsp3) is 0.419. The molecule has 2 aromatic carbocycles. The number of imide groups is 2. The SMILES string of the molecule is COc1cc(-c2cn(C)c(=O)c3cnccc23)cc(OC)c1CN1CCC2(CCN(C(=O)CCOCCOc3cccc4c3C(=O)N(C3CCC(=O)NC3=O)C4=O)C2)C1. The van der Waals surface area contributed by atoms with Gasteiger partial charge in [-0.15, -0.1) is 0 Å². The molecule has 2 unspecified atom stereocenters. The minimum absolute atomic E-state index is 0.00486. The lowest BCUT2D eigenvalue weighted by Crippen LogP contribution is -2.54. The first kappa shape index (κ1) is 39.7. The molecule has 4 aliphatic heterocycles. The Bertz CT molecular complexity index is 2410. The van der Waals surface area contributed by atoms with Crippen LogP contribution in [0.4, 0.5) is 0 Å². The topological polar surface area (TPSA) is 179 Å². The lowest BCUT2D eigenvalue weighted by molar-refractivity contribution is -0.136. The number of aryl methyl sites for hydroxylation is 1. The van der Waals surface area contributed by atoms with Gasteiger partial charge in [0.2, 0.25) is 17.7 Å². The summed E-state index contributed by atoms with van der Waals surface area (Å²) in [5.41, 5.74) is 2.76. The maximum absolute atomic E-state index is 13.3. The minimum Gasteiger partial charge on any atom is -0.496 e. The molecule has 59 heavy (non-hydrogen) atoms. The first-order valence-corrected chi connectivity index (χ1v) is 19.7. The van der Waals surface area contributed by atoms with Crippen LogP contribution in [0.5, 0.6) is 17.2 Å². The van der Waals surface area contributed by atoms with E-state index in [9.17, 15) is 28.8 Å². The van der Waals surface area contributed by atoms with Gasteiger partial charge >= 0.3 is 0 Å². The van der Waals surface area contributed by atoms with E-state index in [1.165, 1.54) is 6.07 Å². The smallest absolute Gasteiger partial charge is 0.266 e. The van der Waals surface area contributed by atoms with Gasteiger partial charge in [0.05, 0.1) is 55.9 Å². The molecule has 3 saturated heterocycles. The summed E-state index contributed by atoms with van der Waals surface area (Å²) in [5, 5.41) is 3.53. The zero-order valence-electron chi connectivity index (χ0n) is 33.3. The molecule has 16 heteroatoms. The van der Waals surface area contributed by atoms with Crippen molar-refractivity contribution < 1.29 is 42.9 Å². The normalized spacial score (nSPS) is 20.5. The van der Waals surface area contributed by atoms with Crippen LogP contribution >= 0.6 is 0 Å². The molecule has 3 fully saturated rings. The Labute approximate surface area is 339 Å². The fourth-order valence-corrected chi connectivity index (χ4v) is 8.94. The molecule has 308 valence electrons. The van der Waals surface area contributed by atoms with Gasteiger partial charge in [-0.1, -0.05) is 6.07 Å². The number of nitrogens with zero attached hydrogens (tertiary/aromatic N) is 5. The second-order valence-electron chi connectivity index (χ2n) is 15.6. The molecular formula is C43H46N6O10. The Hall–Kier alpha value is -6.13. The predicted octanol–water partition coefficient (Wildman–Crippen LogP) is 2.93. The Kier molecular flexibility index (Phi) is 10.9. The van der Waals surface area contributed by atoms with E-state index >= 15 is 0 Å². The molecule has 0 saturated carbocycles. The number of likely N-dealkylation sites (tertiary alicyclic amines) is 2. The van der Waals surface area contributed by atoms with Crippen molar-refractivity contribution in [3.63, 3.8) is 0 Å². The van der Waals surface area contributed by atoms with Crippen molar-refractivity contribution in [2.24, 2.45) is 12.5 Å². The molecular weight excluding hydrogens is 761 g/mol. The van der Waals surface area contributed by atoms with Crippen molar-refractivity contribution >= 4 is 40.3 Å². The number of ether oxygens (including phenoxy) is 4. The molecule has 0 bridgehead atoms. The van der Waals surface area contributed by atoms with Gasteiger partial charge in [0.15, 0.2) is 0 Å². The van der Waals surface area contributed by atoms with Crippen LogP contribution < -0.4 is 25.1 Å². The van der Waals surface area contributed by atoms with Gasteiger partial charge in [-0.25, -0.2) is 0 Å². The van der Waals surface area contributed by atoms with E-state index in [2.05, 4.69) is 15.2 Å². The summed E-state index contributed by atoms with van der Waals surface area (Å²) in [6, 6.07) is 9.44. The number of fused-ring (bicyclic) bond motifs is 2. The van der Waals surface area contributed by atoms with E-state index < -0.39 is 29.7 Å². The highest BCUT2D eigenvalue weighted by Crippen LogP contribution is 2.43. The maximum atomic E-state index is 13.3. The number of amides is 5. The Morgan fingerprint density at radius 1 is 0.898 bits per heavy atom. The van der Waals surface area contributed by atoms with Crippen LogP contribution in [-0.2, 0) is 32.7 Å². The standard InChI is InChI=1S/C43H46N6O10/c1-46-22-30(27-9-13-44-21-29(27)40(46)53)26-19-34(56-2)31(35(20-26)57-3)23-47-14-11-43(24-47)12-15-48(25-43)37(51)10-16-58-17-18-59-33-6-4-5-28-38(33)42(55)49(41(28)54)32-7-8-36(50)45-39(32)52/h4-6,9,13,19-22,32H,7-8,10-12,14-18,23-25H2,1-3H3,(H,45,50,52). The second kappa shape index (κ2) is 16.3. The molecule has 0 radical (unpaired) electrons. The van der Waals surface area contributed by atoms with Crippen LogP contribution in [0.15, 0.2) is 59.8 Å². The van der Waals surface area contributed by atoms with Crippen molar-refractivity contribution in [2.75, 3.05) is 60.2 Å². The number of benzene rings is 2. The third kappa shape index (κ3) is 7.53. The van der Waals surface area contributed by atoms with Crippen molar-refractivity contribution in [3.8, 4) is 28.4 Å². The Morgan fingerprint density at radius 2 is 1.68 bits per heavy atom. The fourth-order valence-electron chi connectivity index (χ4n) is 8.94. The third-order valence-corrected chi connectivity index (χ3v) is 12.0. The van der Waals surface area contributed by atoms with Crippen LogP contribution in [0, 0.1) is 5.41 Å². The van der Waals surface area contributed by atoms with Gasteiger partial charge in [0.25, 0.3) is 17.4 Å². The zero-order chi connectivity index (χ0) is 41.4. The number of nitrogens with one attached hydrogen (secondary N) is 1.